The Labute approximate surface area is 148 Å². The van der Waals surface area contributed by atoms with Crippen LogP contribution in [0.2, 0.25) is 0 Å². The lowest BCUT2D eigenvalue weighted by Gasteiger charge is -2.29. The van der Waals surface area contributed by atoms with E-state index in [0.717, 1.165) is 12.8 Å². The minimum absolute atomic E-state index is 0.0294. The van der Waals surface area contributed by atoms with Gasteiger partial charge in [0.15, 0.2) is 0 Å². The van der Waals surface area contributed by atoms with Crippen molar-refractivity contribution in [3.8, 4) is 0 Å². The maximum Gasteiger partial charge on any atom is 0.0614 e. The molecule has 1 aliphatic rings. The molecule has 2 nitrogen and oxygen atoms in total. The van der Waals surface area contributed by atoms with Crippen LogP contribution in [0.1, 0.15) is 75.5 Å². The van der Waals surface area contributed by atoms with Crippen LogP contribution in [0.4, 0.5) is 0 Å². The van der Waals surface area contributed by atoms with Gasteiger partial charge < -0.3 is 10.8 Å². The van der Waals surface area contributed by atoms with Gasteiger partial charge >= 0.3 is 0 Å². The molecule has 0 aliphatic heterocycles. The number of aryl methyl sites for hydroxylation is 2. The second-order valence-electron chi connectivity index (χ2n) is 7.72. The molecule has 0 unspecified atom stereocenters. The smallest absolute Gasteiger partial charge is 0.0614 e. The number of unbranched alkanes of at least 4 members (excludes halogenated alkanes) is 5. The molecular formula is C22H35NO. The van der Waals surface area contributed by atoms with Crippen molar-refractivity contribution < 1.29 is 5.11 Å². The summed E-state index contributed by atoms with van der Waals surface area (Å²) >= 11 is 0. The van der Waals surface area contributed by atoms with E-state index in [4.69, 9.17) is 5.73 Å². The van der Waals surface area contributed by atoms with Crippen LogP contribution < -0.4 is 5.73 Å². The lowest BCUT2D eigenvalue weighted by Crippen LogP contribution is -2.46. The van der Waals surface area contributed by atoms with Crippen LogP contribution in [0.15, 0.2) is 24.3 Å². The zero-order valence-corrected chi connectivity index (χ0v) is 15.6. The molecule has 0 spiro atoms. The van der Waals surface area contributed by atoms with Crippen molar-refractivity contribution in [2.45, 2.75) is 77.2 Å². The van der Waals surface area contributed by atoms with Crippen LogP contribution in [0.5, 0.6) is 0 Å². The van der Waals surface area contributed by atoms with Crippen molar-refractivity contribution in [2.24, 2.45) is 11.7 Å². The molecule has 0 radical (unpaired) electrons. The maximum absolute atomic E-state index is 9.51. The quantitative estimate of drug-likeness (QED) is 0.635. The summed E-state index contributed by atoms with van der Waals surface area (Å²) in [5, 5.41) is 9.51. The average molecular weight is 330 g/mol. The molecule has 2 heteroatoms. The number of hydrogen-bond acceptors (Lipinski definition) is 2. The summed E-state index contributed by atoms with van der Waals surface area (Å²) in [4.78, 5) is 0. The number of rotatable bonds is 9. The van der Waals surface area contributed by atoms with Crippen molar-refractivity contribution in [3.05, 3.63) is 41.0 Å². The minimum atomic E-state index is -0.528. The molecule has 0 heterocycles. The highest BCUT2D eigenvalue weighted by Crippen LogP contribution is 2.28. The third-order valence-electron chi connectivity index (χ3n) is 5.45. The standard InChI is InChI=1S/C22H35NO/c1-3-4-5-6-7-8-9-18-10-11-19-12-14-21(22(2,23)17-24)15-13-20(19)16-18/h10-12,14,16,21,24H,3-9,13,15,17,23H2,1-2H3/t21-,22+/m0/s1. The molecule has 24 heavy (non-hydrogen) atoms. The first-order valence-corrected chi connectivity index (χ1v) is 9.76. The Balaban J connectivity index is 1.89. The summed E-state index contributed by atoms with van der Waals surface area (Å²) < 4.78 is 0. The second kappa shape index (κ2) is 9.39. The van der Waals surface area contributed by atoms with Gasteiger partial charge in [-0.15, -0.1) is 0 Å². The fraction of sp³-hybridized carbons (Fsp3) is 0.636. The maximum atomic E-state index is 9.51. The van der Waals surface area contributed by atoms with E-state index in [9.17, 15) is 5.11 Å². The molecule has 0 amide bonds. The van der Waals surface area contributed by atoms with Gasteiger partial charge in [-0.25, -0.2) is 0 Å². The Kier molecular flexibility index (Phi) is 7.51. The Bertz CT molecular complexity index is 533. The first-order valence-electron chi connectivity index (χ1n) is 9.76. The molecule has 2 rings (SSSR count). The third-order valence-corrected chi connectivity index (χ3v) is 5.45. The molecule has 0 aromatic heterocycles. The first kappa shape index (κ1) is 19.2. The average Bonchev–Trinajstić information content (AvgIpc) is 2.80. The minimum Gasteiger partial charge on any atom is -0.394 e. The first-order chi connectivity index (χ1) is 11.6. The summed E-state index contributed by atoms with van der Waals surface area (Å²) in [6.45, 7) is 4.24. The van der Waals surface area contributed by atoms with E-state index in [1.54, 1.807) is 0 Å². The predicted octanol–water partition coefficient (Wildman–Crippen LogP) is 4.87. The number of aliphatic hydroxyl groups is 1. The van der Waals surface area contributed by atoms with Crippen molar-refractivity contribution in [3.63, 3.8) is 0 Å². The van der Waals surface area contributed by atoms with E-state index in [0.29, 0.717) is 0 Å². The molecule has 3 N–H and O–H groups in total. The van der Waals surface area contributed by atoms with Gasteiger partial charge in [-0.1, -0.05) is 69.4 Å². The summed E-state index contributed by atoms with van der Waals surface area (Å²) in [5.41, 5.74) is 9.93. The van der Waals surface area contributed by atoms with E-state index in [1.165, 1.54) is 61.6 Å². The number of benzene rings is 1. The van der Waals surface area contributed by atoms with E-state index in [2.05, 4.69) is 37.3 Å². The highest BCUT2D eigenvalue weighted by molar-refractivity contribution is 5.56. The fourth-order valence-corrected chi connectivity index (χ4v) is 3.60. The van der Waals surface area contributed by atoms with Gasteiger partial charge in [0.2, 0.25) is 0 Å². The normalized spacial score (nSPS) is 19.6. The van der Waals surface area contributed by atoms with Gasteiger partial charge in [0.1, 0.15) is 0 Å². The Morgan fingerprint density at radius 3 is 2.67 bits per heavy atom. The third kappa shape index (κ3) is 5.46. The second-order valence-corrected chi connectivity index (χ2v) is 7.72. The van der Waals surface area contributed by atoms with Crippen LogP contribution >= 0.6 is 0 Å². The van der Waals surface area contributed by atoms with E-state index < -0.39 is 5.54 Å². The summed E-state index contributed by atoms with van der Waals surface area (Å²) in [5.74, 6) is 0.233. The summed E-state index contributed by atoms with van der Waals surface area (Å²) in [6.07, 6.45) is 15.7. The molecule has 1 aromatic carbocycles. The van der Waals surface area contributed by atoms with Gasteiger partial charge in [0.25, 0.3) is 0 Å². The highest BCUT2D eigenvalue weighted by atomic mass is 16.3. The molecular weight excluding hydrogens is 294 g/mol. The molecule has 0 fully saturated rings. The Morgan fingerprint density at radius 1 is 1.17 bits per heavy atom. The zero-order chi connectivity index (χ0) is 17.4. The molecule has 2 atom stereocenters. The predicted molar refractivity (Wildman–Crippen MR) is 104 cm³/mol. The van der Waals surface area contributed by atoms with Crippen LogP contribution in [0.25, 0.3) is 6.08 Å². The van der Waals surface area contributed by atoms with Crippen LogP contribution in [-0.4, -0.2) is 17.3 Å². The number of hydrogen-bond donors (Lipinski definition) is 2. The monoisotopic (exact) mass is 329 g/mol. The Morgan fingerprint density at radius 2 is 1.92 bits per heavy atom. The van der Waals surface area contributed by atoms with Gasteiger partial charge in [-0.05, 0) is 55.2 Å². The molecule has 0 saturated heterocycles. The molecule has 134 valence electrons. The van der Waals surface area contributed by atoms with Gasteiger partial charge in [0.05, 0.1) is 6.61 Å². The topological polar surface area (TPSA) is 46.2 Å². The van der Waals surface area contributed by atoms with Crippen molar-refractivity contribution >= 4 is 6.08 Å². The zero-order valence-electron chi connectivity index (χ0n) is 15.6. The number of nitrogens with two attached hydrogens (primary N) is 1. The van der Waals surface area contributed by atoms with E-state index in [1.807, 2.05) is 6.92 Å². The van der Waals surface area contributed by atoms with Crippen LogP contribution in [-0.2, 0) is 12.8 Å². The van der Waals surface area contributed by atoms with E-state index >= 15 is 0 Å². The summed E-state index contributed by atoms with van der Waals surface area (Å²) in [6, 6.07) is 6.93. The largest absolute Gasteiger partial charge is 0.394 e. The highest BCUT2D eigenvalue weighted by Gasteiger charge is 2.28. The van der Waals surface area contributed by atoms with E-state index in [-0.39, 0.29) is 12.5 Å². The fourth-order valence-electron chi connectivity index (χ4n) is 3.60. The molecule has 1 aromatic rings. The van der Waals surface area contributed by atoms with Gasteiger partial charge in [0, 0.05) is 5.54 Å². The van der Waals surface area contributed by atoms with Gasteiger partial charge in [-0.2, -0.15) is 0 Å². The van der Waals surface area contributed by atoms with Crippen LogP contribution in [0.3, 0.4) is 0 Å². The SMILES string of the molecule is CCCCCCCCc1ccc2c(c1)CC[C@@H]([C@](C)(N)CO)C=C2. The van der Waals surface area contributed by atoms with Crippen molar-refractivity contribution in [1.82, 2.24) is 0 Å². The van der Waals surface area contributed by atoms with Crippen molar-refractivity contribution in [2.75, 3.05) is 6.61 Å². The summed E-state index contributed by atoms with van der Waals surface area (Å²) in [7, 11) is 0. The molecule has 1 aliphatic carbocycles. The Hall–Kier alpha value is -1.12. The molecule has 0 bridgehead atoms. The molecule has 0 saturated carbocycles. The number of fused-ring (bicyclic) bond motifs is 1. The van der Waals surface area contributed by atoms with Gasteiger partial charge in [-0.3, -0.25) is 0 Å². The lowest BCUT2D eigenvalue weighted by atomic mass is 9.84. The van der Waals surface area contributed by atoms with Crippen molar-refractivity contribution in [1.29, 1.82) is 0 Å². The van der Waals surface area contributed by atoms with Crippen LogP contribution in [0, 0.1) is 5.92 Å². The lowest BCUT2D eigenvalue weighted by molar-refractivity contribution is 0.170. The number of aliphatic hydroxyl groups excluding tert-OH is 1.